The molecule has 0 heterocycles. The molecule has 1 amide bonds. The van der Waals surface area contributed by atoms with E-state index in [2.05, 4.69) is 13.0 Å². The van der Waals surface area contributed by atoms with Gasteiger partial charge in [0.25, 0.3) is 0 Å². The summed E-state index contributed by atoms with van der Waals surface area (Å²) in [5, 5.41) is 9.46. The van der Waals surface area contributed by atoms with E-state index in [-0.39, 0.29) is 23.7 Å². The molecule has 20 heavy (non-hydrogen) atoms. The first-order valence-electron chi connectivity index (χ1n) is 7.85. The third-order valence-electron chi connectivity index (χ3n) is 5.05. The summed E-state index contributed by atoms with van der Waals surface area (Å²) in [6.45, 7) is 2.92. The van der Waals surface area contributed by atoms with E-state index in [4.69, 9.17) is 0 Å². The highest BCUT2D eigenvalue weighted by Gasteiger charge is 2.53. The zero-order chi connectivity index (χ0) is 14.3. The Kier molecular flexibility index (Phi) is 3.57. The van der Waals surface area contributed by atoms with Gasteiger partial charge in [-0.1, -0.05) is 25.5 Å². The predicted octanol–water partition coefficient (Wildman–Crippen LogP) is 2.30. The van der Waals surface area contributed by atoms with Crippen molar-refractivity contribution in [1.29, 1.82) is 0 Å². The van der Waals surface area contributed by atoms with Crippen molar-refractivity contribution in [2.75, 3.05) is 6.54 Å². The Labute approximate surface area is 119 Å². The Morgan fingerprint density at radius 3 is 2.40 bits per heavy atom. The zero-order valence-electron chi connectivity index (χ0n) is 12.0. The van der Waals surface area contributed by atoms with Crippen LogP contribution >= 0.6 is 0 Å². The summed E-state index contributed by atoms with van der Waals surface area (Å²) < 4.78 is 0. The van der Waals surface area contributed by atoms with Crippen molar-refractivity contribution >= 4 is 11.9 Å². The van der Waals surface area contributed by atoms with Crippen LogP contribution in [0, 0.1) is 23.7 Å². The minimum absolute atomic E-state index is 0.0682. The number of hydrogen-bond acceptors (Lipinski definition) is 2. The summed E-state index contributed by atoms with van der Waals surface area (Å²) in [5.41, 5.74) is 0. The molecule has 0 radical (unpaired) electrons. The fraction of sp³-hybridized carbons (Fsp3) is 0.750. The molecule has 0 aromatic carbocycles. The van der Waals surface area contributed by atoms with Crippen LogP contribution in [0.15, 0.2) is 12.2 Å². The van der Waals surface area contributed by atoms with Gasteiger partial charge in [0.2, 0.25) is 5.91 Å². The number of carbonyl (C=O) groups is 2. The summed E-state index contributed by atoms with van der Waals surface area (Å²) in [5.74, 6) is -1.30. The smallest absolute Gasteiger partial charge is 0.307 e. The molecule has 3 aliphatic rings. The van der Waals surface area contributed by atoms with Gasteiger partial charge in [-0.2, -0.15) is 0 Å². The monoisotopic (exact) mass is 277 g/mol. The number of allylic oxidation sites excluding steroid dienone is 2. The highest BCUT2D eigenvalue weighted by atomic mass is 16.4. The lowest BCUT2D eigenvalue weighted by Gasteiger charge is -2.31. The van der Waals surface area contributed by atoms with Gasteiger partial charge in [-0.15, -0.1) is 0 Å². The molecule has 1 N–H and O–H groups in total. The third kappa shape index (κ3) is 2.25. The van der Waals surface area contributed by atoms with Crippen molar-refractivity contribution in [3.8, 4) is 0 Å². The molecular formula is C16H23NO3. The maximum atomic E-state index is 12.9. The Balaban J connectivity index is 1.77. The topological polar surface area (TPSA) is 57.6 Å². The van der Waals surface area contributed by atoms with Crippen molar-refractivity contribution in [1.82, 2.24) is 4.90 Å². The Morgan fingerprint density at radius 1 is 1.20 bits per heavy atom. The van der Waals surface area contributed by atoms with Gasteiger partial charge in [0, 0.05) is 12.6 Å². The maximum Gasteiger partial charge on any atom is 0.307 e. The molecule has 2 bridgehead atoms. The standard InChI is InChI=1S/C16H23NO3/c1-2-3-8-17(12-6-7-12)15(18)13-10-4-5-11(9-10)14(13)16(19)20/h4-5,10-14H,2-3,6-9H2,1H3,(H,19,20). The number of carbonyl (C=O) groups excluding carboxylic acids is 1. The van der Waals surface area contributed by atoms with Crippen LogP contribution in [0.2, 0.25) is 0 Å². The van der Waals surface area contributed by atoms with E-state index >= 15 is 0 Å². The maximum absolute atomic E-state index is 12.9. The average Bonchev–Trinajstić information content (AvgIpc) is 3.05. The molecule has 4 heteroatoms. The molecule has 4 nitrogen and oxygen atoms in total. The highest BCUT2D eigenvalue weighted by molar-refractivity contribution is 5.87. The van der Waals surface area contributed by atoms with Gasteiger partial charge in [0.1, 0.15) is 0 Å². The minimum atomic E-state index is -0.800. The van der Waals surface area contributed by atoms with Gasteiger partial charge >= 0.3 is 5.97 Å². The first kappa shape index (κ1) is 13.7. The van der Waals surface area contributed by atoms with Gasteiger partial charge in [0.15, 0.2) is 0 Å². The van der Waals surface area contributed by atoms with Crippen LogP contribution in [-0.4, -0.2) is 34.5 Å². The molecule has 3 rings (SSSR count). The summed E-state index contributed by atoms with van der Waals surface area (Å²) in [6.07, 6.45) is 9.16. The van der Waals surface area contributed by atoms with Gasteiger partial charge in [-0.05, 0) is 37.5 Å². The second-order valence-corrected chi connectivity index (χ2v) is 6.45. The van der Waals surface area contributed by atoms with Crippen molar-refractivity contribution in [3.63, 3.8) is 0 Å². The van der Waals surface area contributed by atoms with E-state index in [1.54, 1.807) is 0 Å². The number of rotatable bonds is 6. The highest BCUT2D eigenvalue weighted by Crippen LogP contribution is 2.49. The van der Waals surface area contributed by atoms with Crippen LogP contribution < -0.4 is 0 Å². The Morgan fingerprint density at radius 2 is 1.85 bits per heavy atom. The summed E-state index contributed by atoms with van der Waals surface area (Å²) in [6, 6.07) is 0.381. The van der Waals surface area contributed by atoms with Gasteiger partial charge in [-0.25, -0.2) is 0 Å². The van der Waals surface area contributed by atoms with E-state index in [1.807, 2.05) is 11.0 Å². The predicted molar refractivity (Wildman–Crippen MR) is 75.0 cm³/mol. The van der Waals surface area contributed by atoms with Crippen molar-refractivity contribution < 1.29 is 14.7 Å². The average molecular weight is 277 g/mol. The van der Waals surface area contributed by atoms with Crippen LogP contribution in [0.25, 0.3) is 0 Å². The molecule has 2 fully saturated rings. The fourth-order valence-corrected chi connectivity index (χ4v) is 3.87. The lowest BCUT2D eigenvalue weighted by atomic mass is 9.82. The number of fused-ring (bicyclic) bond motifs is 2. The summed E-state index contributed by atoms with van der Waals surface area (Å²) in [4.78, 5) is 26.4. The van der Waals surface area contributed by atoms with Crippen molar-refractivity contribution in [2.45, 2.75) is 45.1 Å². The first-order chi connectivity index (χ1) is 9.63. The van der Waals surface area contributed by atoms with Crippen LogP contribution in [0.1, 0.15) is 39.0 Å². The molecule has 0 aromatic heterocycles. The van der Waals surface area contributed by atoms with Gasteiger partial charge < -0.3 is 10.0 Å². The second kappa shape index (κ2) is 5.23. The largest absolute Gasteiger partial charge is 0.481 e. The summed E-state index contributed by atoms with van der Waals surface area (Å²) in [7, 11) is 0. The molecule has 0 saturated heterocycles. The number of amides is 1. The molecule has 0 spiro atoms. The van der Waals surface area contributed by atoms with Crippen LogP contribution in [-0.2, 0) is 9.59 Å². The number of nitrogens with zero attached hydrogens (tertiary/aromatic N) is 1. The fourth-order valence-electron chi connectivity index (χ4n) is 3.87. The first-order valence-corrected chi connectivity index (χ1v) is 7.85. The second-order valence-electron chi connectivity index (χ2n) is 6.45. The summed E-state index contributed by atoms with van der Waals surface area (Å²) >= 11 is 0. The number of unbranched alkanes of at least 4 members (excludes halogenated alkanes) is 1. The van der Waals surface area contributed by atoms with E-state index in [0.29, 0.717) is 6.04 Å². The van der Waals surface area contributed by atoms with Crippen molar-refractivity contribution in [3.05, 3.63) is 12.2 Å². The Bertz CT molecular complexity index is 441. The molecule has 2 saturated carbocycles. The van der Waals surface area contributed by atoms with Gasteiger partial charge in [-0.3, -0.25) is 9.59 Å². The number of hydrogen-bond donors (Lipinski definition) is 1. The molecule has 4 atom stereocenters. The lowest BCUT2D eigenvalue weighted by molar-refractivity contribution is -0.151. The van der Waals surface area contributed by atoms with E-state index in [1.165, 1.54) is 0 Å². The van der Waals surface area contributed by atoms with Crippen molar-refractivity contribution in [2.24, 2.45) is 23.7 Å². The third-order valence-corrected chi connectivity index (χ3v) is 5.05. The van der Waals surface area contributed by atoms with Crippen LogP contribution in [0.4, 0.5) is 0 Å². The number of carboxylic acid groups (broad SMARTS) is 1. The molecule has 0 aliphatic heterocycles. The molecule has 4 unspecified atom stereocenters. The van der Waals surface area contributed by atoms with Gasteiger partial charge in [0.05, 0.1) is 11.8 Å². The van der Waals surface area contributed by atoms with E-state index in [0.717, 1.165) is 38.6 Å². The number of carboxylic acids is 1. The normalized spacial score (nSPS) is 34.5. The van der Waals surface area contributed by atoms with Crippen LogP contribution in [0.3, 0.4) is 0 Å². The molecular weight excluding hydrogens is 254 g/mol. The Hall–Kier alpha value is -1.32. The lowest BCUT2D eigenvalue weighted by Crippen LogP contribution is -2.44. The minimum Gasteiger partial charge on any atom is -0.481 e. The number of aliphatic carboxylic acids is 1. The zero-order valence-corrected chi connectivity index (χ0v) is 12.0. The SMILES string of the molecule is CCCCN(C(=O)C1C2C=CC(C2)C1C(=O)O)C1CC1. The van der Waals surface area contributed by atoms with E-state index in [9.17, 15) is 14.7 Å². The quantitative estimate of drug-likeness (QED) is 0.758. The molecule has 0 aromatic rings. The van der Waals surface area contributed by atoms with Crippen LogP contribution in [0.5, 0.6) is 0 Å². The van der Waals surface area contributed by atoms with E-state index < -0.39 is 11.9 Å². The molecule has 110 valence electrons. The molecule has 3 aliphatic carbocycles.